The van der Waals surface area contributed by atoms with E-state index in [0.717, 1.165) is 38.9 Å². The molecule has 188 valence electrons. The minimum atomic E-state index is -0.0347. The maximum atomic E-state index is 6.29. The zero-order valence-electron chi connectivity index (χ0n) is 22.5. The van der Waals surface area contributed by atoms with Crippen LogP contribution in [0.5, 0.6) is 0 Å². The largest absolute Gasteiger partial charge is 0.456 e. The summed E-state index contributed by atoms with van der Waals surface area (Å²) in [5, 5.41) is 4.79. The van der Waals surface area contributed by atoms with Crippen molar-refractivity contribution in [1.29, 1.82) is 0 Å². The lowest BCUT2D eigenvalue weighted by Crippen LogP contribution is -2.14. The first-order chi connectivity index (χ1) is 19.0. The van der Waals surface area contributed by atoms with Crippen molar-refractivity contribution < 1.29 is 4.42 Å². The van der Waals surface area contributed by atoms with Crippen LogP contribution in [-0.2, 0) is 5.41 Å². The molecule has 0 N–H and O–H groups in total. The Labute approximate surface area is 227 Å². The van der Waals surface area contributed by atoms with Crippen molar-refractivity contribution in [2.45, 2.75) is 26.2 Å². The van der Waals surface area contributed by atoms with Gasteiger partial charge in [-0.2, -0.15) is 0 Å². The van der Waals surface area contributed by atoms with Crippen LogP contribution in [0.2, 0.25) is 0 Å². The normalized spacial score (nSPS) is 14.5. The molecule has 5 aromatic carbocycles. The van der Waals surface area contributed by atoms with Crippen LogP contribution in [0.3, 0.4) is 0 Å². The number of aliphatic imine (C=N–C) groups is 1. The molecule has 8 rings (SSSR count). The van der Waals surface area contributed by atoms with Gasteiger partial charge in [0.2, 0.25) is 0 Å². The Morgan fingerprint density at radius 1 is 0.692 bits per heavy atom. The predicted molar refractivity (Wildman–Crippen MR) is 164 cm³/mol. The zero-order chi connectivity index (χ0) is 26.5. The smallest absolute Gasteiger partial charge is 0.136 e. The minimum Gasteiger partial charge on any atom is -0.456 e. The highest BCUT2D eigenvalue weighted by atomic mass is 16.3. The summed E-state index contributed by atoms with van der Waals surface area (Å²) in [6, 6.07) is 35.3. The second-order valence-corrected chi connectivity index (χ2v) is 11.2. The molecular formula is C36H28N2O. The van der Waals surface area contributed by atoms with Crippen molar-refractivity contribution >= 4 is 49.5 Å². The number of para-hydroxylation sites is 1. The third-order valence-electron chi connectivity index (χ3n) is 8.84. The highest BCUT2D eigenvalue weighted by Gasteiger charge is 2.36. The Kier molecular flexibility index (Phi) is 4.42. The minimum absolute atomic E-state index is 0.0347. The van der Waals surface area contributed by atoms with Gasteiger partial charge in [-0.05, 0) is 71.6 Å². The Morgan fingerprint density at radius 3 is 2.38 bits per heavy atom. The number of aromatic nitrogens is 1. The Morgan fingerprint density at radius 2 is 1.51 bits per heavy atom. The lowest BCUT2D eigenvalue weighted by Gasteiger charge is -2.21. The summed E-state index contributed by atoms with van der Waals surface area (Å²) < 4.78 is 8.71. The molecular weight excluding hydrogens is 476 g/mol. The van der Waals surface area contributed by atoms with Gasteiger partial charge < -0.3 is 8.98 Å². The highest BCUT2D eigenvalue weighted by Crippen LogP contribution is 2.51. The number of fused-ring (bicyclic) bond motifs is 9. The van der Waals surface area contributed by atoms with E-state index in [-0.39, 0.29) is 5.41 Å². The van der Waals surface area contributed by atoms with E-state index in [2.05, 4.69) is 115 Å². The Bertz CT molecular complexity index is 2170. The molecule has 1 aliphatic carbocycles. The molecule has 0 saturated heterocycles. The molecule has 3 nitrogen and oxygen atoms in total. The van der Waals surface area contributed by atoms with Crippen LogP contribution in [0.25, 0.3) is 60.6 Å². The second-order valence-electron chi connectivity index (χ2n) is 11.2. The average Bonchev–Trinajstić information content (AvgIpc) is 3.57. The summed E-state index contributed by atoms with van der Waals surface area (Å²) >= 11 is 0. The third kappa shape index (κ3) is 2.90. The maximum absolute atomic E-state index is 6.29. The van der Waals surface area contributed by atoms with Crippen molar-refractivity contribution in [1.82, 2.24) is 4.57 Å². The third-order valence-corrected chi connectivity index (χ3v) is 8.84. The van der Waals surface area contributed by atoms with Gasteiger partial charge >= 0.3 is 0 Å². The van der Waals surface area contributed by atoms with Gasteiger partial charge in [-0.1, -0.05) is 68.4 Å². The molecule has 39 heavy (non-hydrogen) atoms. The molecule has 0 spiro atoms. The molecule has 7 aromatic rings. The molecule has 2 heterocycles. The SMILES string of the molecule is C/N=C(\C)c1cccc2oc3ccc(-n4c5ccccc5c5cc6c(cc54)-c4ccccc4C6(C)C)cc3c12. The van der Waals surface area contributed by atoms with Crippen molar-refractivity contribution in [2.24, 2.45) is 4.99 Å². The van der Waals surface area contributed by atoms with Gasteiger partial charge in [0, 0.05) is 51.0 Å². The van der Waals surface area contributed by atoms with E-state index >= 15 is 0 Å². The van der Waals surface area contributed by atoms with E-state index < -0.39 is 0 Å². The Balaban J connectivity index is 1.47. The fraction of sp³-hybridized carbons (Fsp3) is 0.139. The monoisotopic (exact) mass is 504 g/mol. The molecule has 0 saturated carbocycles. The van der Waals surface area contributed by atoms with E-state index in [4.69, 9.17) is 4.42 Å². The van der Waals surface area contributed by atoms with Crippen LogP contribution < -0.4 is 0 Å². The summed E-state index contributed by atoms with van der Waals surface area (Å²) in [7, 11) is 1.85. The molecule has 0 bridgehead atoms. The molecule has 0 radical (unpaired) electrons. The van der Waals surface area contributed by atoms with Crippen LogP contribution in [0.4, 0.5) is 0 Å². The standard InChI is InChI=1S/C36H28N2O/c1-21(37-4)23-12-9-15-34-35(23)28-18-22(16-17-33(28)39-34)38-31-14-8-6-11-25(31)27-19-30-26(20-32(27)38)24-10-5-7-13-29(24)36(30,2)3/h5-20H,1-4H3/b37-21+. The predicted octanol–water partition coefficient (Wildman–Crippen LogP) is 9.43. The lowest BCUT2D eigenvalue weighted by atomic mass is 9.82. The summed E-state index contributed by atoms with van der Waals surface area (Å²) in [6.45, 7) is 6.75. The van der Waals surface area contributed by atoms with Crippen molar-refractivity contribution in [3.8, 4) is 16.8 Å². The molecule has 3 heteroatoms. The van der Waals surface area contributed by atoms with Gasteiger partial charge in [0.1, 0.15) is 11.2 Å². The fourth-order valence-electron chi connectivity index (χ4n) is 6.82. The first kappa shape index (κ1) is 22.4. The summed E-state index contributed by atoms with van der Waals surface area (Å²) in [5.41, 5.74) is 12.9. The number of rotatable bonds is 2. The van der Waals surface area contributed by atoms with Gasteiger partial charge in [0.25, 0.3) is 0 Å². The van der Waals surface area contributed by atoms with Gasteiger partial charge in [-0.3, -0.25) is 4.99 Å². The van der Waals surface area contributed by atoms with E-state index in [9.17, 15) is 0 Å². The van der Waals surface area contributed by atoms with Gasteiger partial charge in [0.15, 0.2) is 0 Å². The van der Waals surface area contributed by atoms with E-state index in [1.165, 1.54) is 44.1 Å². The van der Waals surface area contributed by atoms with Crippen LogP contribution in [0, 0.1) is 0 Å². The maximum Gasteiger partial charge on any atom is 0.136 e. The van der Waals surface area contributed by atoms with Crippen LogP contribution >= 0.6 is 0 Å². The van der Waals surface area contributed by atoms with Crippen molar-refractivity contribution in [3.63, 3.8) is 0 Å². The second kappa shape index (κ2) is 7.70. The molecule has 0 atom stereocenters. The molecule has 0 aliphatic heterocycles. The Hall–Kier alpha value is -4.63. The lowest BCUT2D eigenvalue weighted by molar-refractivity contribution is 0.661. The van der Waals surface area contributed by atoms with Gasteiger partial charge in [0.05, 0.1) is 11.0 Å². The molecule has 0 unspecified atom stereocenters. The topological polar surface area (TPSA) is 30.4 Å². The average molecular weight is 505 g/mol. The van der Waals surface area contributed by atoms with Gasteiger partial charge in [-0.15, -0.1) is 0 Å². The quantitative estimate of drug-likeness (QED) is 0.216. The summed E-state index contributed by atoms with van der Waals surface area (Å²) in [5.74, 6) is 0. The number of hydrogen-bond donors (Lipinski definition) is 0. The number of nitrogens with zero attached hydrogens (tertiary/aromatic N) is 2. The van der Waals surface area contributed by atoms with Gasteiger partial charge in [-0.25, -0.2) is 0 Å². The first-order valence-corrected chi connectivity index (χ1v) is 13.5. The molecule has 1 aliphatic rings. The number of hydrogen-bond acceptors (Lipinski definition) is 2. The van der Waals surface area contributed by atoms with Crippen LogP contribution in [0.15, 0.2) is 106 Å². The van der Waals surface area contributed by atoms with E-state index in [1.54, 1.807) is 0 Å². The highest BCUT2D eigenvalue weighted by molar-refractivity contribution is 6.18. The number of furan rings is 1. The van der Waals surface area contributed by atoms with E-state index in [1.807, 2.05) is 19.2 Å². The summed E-state index contributed by atoms with van der Waals surface area (Å²) in [4.78, 5) is 4.48. The van der Waals surface area contributed by atoms with Crippen molar-refractivity contribution in [2.75, 3.05) is 7.05 Å². The molecule has 2 aromatic heterocycles. The summed E-state index contributed by atoms with van der Waals surface area (Å²) in [6.07, 6.45) is 0. The number of benzene rings is 5. The first-order valence-electron chi connectivity index (χ1n) is 13.5. The van der Waals surface area contributed by atoms with Crippen LogP contribution in [0.1, 0.15) is 37.5 Å². The van der Waals surface area contributed by atoms with Crippen molar-refractivity contribution in [3.05, 3.63) is 114 Å². The molecule has 0 amide bonds. The fourth-order valence-corrected chi connectivity index (χ4v) is 6.82. The molecule has 0 fully saturated rings. The van der Waals surface area contributed by atoms with E-state index in [0.29, 0.717) is 0 Å². The zero-order valence-corrected chi connectivity index (χ0v) is 22.5. The van der Waals surface area contributed by atoms with Crippen LogP contribution in [-0.4, -0.2) is 17.3 Å².